The zero-order chi connectivity index (χ0) is 27.3. The fraction of sp³-hybridized carbons (Fsp3) is 0.682. The first-order valence-corrected chi connectivity index (χ1v) is 14.7. The van der Waals surface area contributed by atoms with Crippen LogP contribution < -0.4 is 11.2 Å². The fourth-order valence-electron chi connectivity index (χ4n) is 3.08. The van der Waals surface area contributed by atoms with Gasteiger partial charge in [-0.1, -0.05) is 0 Å². The highest BCUT2D eigenvalue weighted by atomic mass is 31.2. The Hall–Kier alpha value is -1.67. The maximum Gasteiger partial charge on any atom is 0.330 e. The van der Waals surface area contributed by atoms with E-state index in [1.807, 2.05) is 27.7 Å². The quantitative estimate of drug-likeness (QED) is 0.177. The smallest absolute Gasteiger partial charge is 0.330 e. The molecular weight excluding hydrogens is 510 g/mol. The Labute approximate surface area is 213 Å². The molecule has 14 heteroatoms. The summed E-state index contributed by atoms with van der Waals surface area (Å²) in [5.74, 6) is 1.41. The summed E-state index contributed by atoms with van der Waals surface area (Å²) in [5, 5.41) is 0. The number of rotatable bonds is 17. The van der Waals surface area contributed by atoms with Crippen LogP contribution in [0.25, 0.3) is 4.85 Å². The van der Waals surface area contributed by atoms with Crippen LogP contribution in [-0.4, -0.2) is 79.7 Å². The van der Waals surface area contributed by atoms with Gasteiger partial charge in [-0.15, -0.1) is 0 Å². The van der Waals surface area contributed by atoms with Crippen molar-refractivity contribution in [2.24, 2.45) is 0 Å². The highest BCUT2D eigenvalue weighted by Gasteiger charge is 2.29. The van der Waals surface area contributed by atoms with E-state index in [0.29, 0.717) is 0 Å². The molecule has 0 aromatic carbocycles. The molecule has 0 radical (unpaired) electrons. The van der Waals surface area contributed by atoms with Crippen LogP contribution in [0.15, 0.2) is 33.7 Å². The second-order valence-corrected chi connectivity index (χ2v) is 12.3. The van der Waals surface area contributed by atoms with Gasteiger partial charge in [-0.2, -0.15) is 0 Å². The van der Waals surface area contributed by atoms with Crippen molar-refractivity contribution in [1.29, 1.82) is 0 Å². The average Bonchev–Trinajstić information content (AvgIpc) is 2.79. The lowest BCUT2D eigenvalue weighted by Gasteiger charge is -2.36. The lowest BCUT2D eigenvalue weighted by molar-refractivity contribution is -0.0856. The van der Waals surface area contributed by atoms with E-state index in [0.717, 1.165) is 0 Å². The molecule has 1 N–H and O–H groups in total. The molecule has 1 aromatic heterocycles. The van der Waals surface area contributed by atoms with Crippen molar-refractivity contribution in [3.05, 3.63) is 56.4 Å². The molecule has 1 heterocycles. The maximum absolute atomic E-state index is 12.5. The molecule has 4 atom stereocenters. The van der Waals surface area contributed by atoms with Crippen LogP contribution in [-0.2, 0) is 27.6 Å². The molecule has 1 aromatic rings. The Balaban J connectivity index is 3.26. The van der Waals surface area contributed by atoms with Gasteiger partial charge in [0.1, 0.15) is 12.7 Å². The molecule has 0 saturated carbocycles. The van der Waals surface area contributed by atoms with Crippen LogP contribution in [0.1, 0.15) is 33.9 Å². The number of aromatic nitrogens is 2. The summed E-state index contributed by atoms with van der Waals surface area (Å²) in [6, 6.07) is 1.40. The SMILES string of the molecule is [C-]#[N+]CCOP(OC[C@@H](/C=C/P(C)(=O)OC)O[C@H](COC)n1ccc(=O)[nH]c1=O)N(C(C)C)C(C)C. The Morgan fingerprint density at radius 1 is 1.19 bits per heavy atom. The number of H-pyrrole nitrogens is 1. The Morgan fingerprint density at radius 2 is 1.86 bits per heavy atom. The van der Waals surface area contributed by atoms with Gasteiger partial charge in [-0.25, -0.2) is 16.0 Å². The van der Waals surface area contributed by atoms with Gasteiger partial charge >= 0.3 is 5.69 Å². The zero-order valence-electron chi connectivity index (χ0n) is 21.9. The van der Waals surface area contributed by atoms with Crippen LogP contribution in [0.4, 0.5) is 0 Å². The topological polar surface area (TPSA) is 126 Å². The van der Waals surface area contributed by atoms with Gasteiger partial charge in [0, 0.05) is 45.2 Å². The van der Waals surface area contributed by atoms with Crippen molar-refractivity contribution in [1.82, 2.24) is 14.2 Å². The molecule has 204 valence electrons. The molecule has 0 aliphatic carbocycles. The van der Waals surface area contributed by atoms with Gasteiger partial charge in [-0.05, 0) is 39.6 Å². The van der Waals surface area contributed by atoms with E-state index in [1.54, 1.807) is 6.08 Å². The second-order valence-electron chi connectivity index (χ2n) is 8.35. The normalized spacial score (nSPS) is 16.4. The summed E-state index contributed by atoms with van der Waals surface area (Å²) < 4.78 is 44.2. The minimum atomic E-state index is -3.03. The number of hydrogen-bond donors (Lipinski definition) is 1. The second kappa shape index (κ2) is 16.2. The summed E-state index contributed by atoms with van der Waals surface area (Å²) in [4.78, 5) is 29.4. The molecule has 0 saturated heterocycles. The number of aromatic amines is 1. The number of ether oxygens (including phenoxy) is 2. The van der Waals surface area contributed by atoms with Gasteiger partial charge < -0.3 is 27.9 Å². The molecule has 1 rings (SSSR count). The number of nitrogens with zero attached hydrogens (tertiary/aromatic N) is 3. The molecule has 36 heavy (non-hydrogen) atoms. The lowest BCUT2D eigenvalue weighted by Crippen LogP contribution is -2.37. The third-order valence-corrected chi connectivity index (χ3v) is 8.25. The molecule has 12 nitrogen and oxygen atoms in total. The van der Waals surface area contributed by atoms with Crippen LogP contribution >= 0.6 is 15.9 Å². The molecule has 0 aliphatic rings. The van der Waals surface area contributed by atoms with Crippen LogP contribution in [0, 0.1) is 6.57 Å². The first kappa shape index (κ1) is 32.4. The van der Waals surface area contributed by atoms with Crippen LogP contribution in [0.3, 0.4) is 0 Å². The Bertz CT molecular complexity index is 1010. The molecule has 0 bridgehead atoms. The highest BCUT2D eigenvalue weighted by Crippen LogP contribution is 2.46. The van der Waals surface area contributed by atoms with Gasteiger partial charge in [0.25, 0.3) is 14.1 Å². The van der Waals surface area contributed by atoms with Crippen LogP contribution in [0.2, 0.25) is 0 Å². The van der Waals surface area contributed by atoms with E-state index in [9.17, 15) is 14.2 Å². The molecule has 0 spiro atoms. The monoisotopic (exact) mass is 548 g/mol. The third kappa shape index (κ3) is 11.2. The number of nitrogens with one attached hydrogen (secondary N) is 1. The Kier molecular flexibility index (Phi) is 14.6. The molecule has 0 amide bonds. The first-order valence-electron chi connectivity index (χ1n) is 11.4. The number of hydrogen-bond acceptors (Lipinski definition) is 9. The minimum absolute atomic E-state index is 0.00919. The lowest BCUT2D eigenvalue weighted by atomic mass is 10.3. The summed E-state index contributed by atoms with van der Waals surface area (Å²) in [5.41, 5.74) is -1.20. The van der Waals surface area contributed by atoms with Gasteiger partial charge in [0.05, 0.1) is 13.2 Å². The summed E-state index contributed by atoms with van der Waals surface area (Å²) in [6.45, 7) is 16.9. The van der Waals surface area contributed by atoms with Crippen molar-refractivity contribution < 1.29 is 27.6 Å². The molecular formula is C22H38N4O8P2. The van der Waals surface area contributed by atoms with Crippen molar-refractivity contribution in [2.75, 3.05) is 47.2 Å². The summed E-state index contributed by atoms with van der Waals surface area (Å²) in [7, 11) is -1.79. The minimum Gasteiger partial charge on any atom is -0.380 e. The van der Waals surface area contributed by atoms with E-state index in [4.69, 9.17) is 29.6 Å². The van der Waals surface area contributed by atoms with Gasteiger partial charge in [0.2, 0.25) is 13.9 Å². The summed E-state index contributed by atoms with van der Waals surface area (Å²) in [6.07, 6.45) is 1.15. The van der Waals surface area contributed by atoms with Crippen LogP contribution in [0.5, 0.6) is 0 Å². The number of methoxy groups -OCH3 is 1. The molecule has 0 aliphatic heterocycles. The first-order chi connectivity index (χ1) is 16.9. The molecule has 0 fully saturated rings. The third-order valence-electron chi connectivity index (χ3n) is 4.74. The van der Waals surface area contributed by atoms with Crippen molar-refractivity contribution in [3.63, 3.8) is 0 Å². The fourth-order valence-corrected chi connectivity index (χ4v) is 5.32. The van der Waals surface area contributed by atoms with E-state index in [-0.39, 0.29) is 38.4 Å². The zero-order valence-corrected chi connectivity index (χ0v) is 23.7. The van der Waals surface area contributed by atoms with E-state index in [1.165, 1.54) is 43.5 Å². The predicted octanol–water partition coefficient (Wildman–Crippen LogP) is 3.43. The summed E-state index contributed by atoms with van der Waals surface area (Å²) >= 11 is 0. The van der Waals surface area contributed by atoms with Gasteiger partial charge in [0.15, 0.2) is 6.23 Å². The predicted molar refractivity (Wildman–Crippen MR) is 139 cm³/mol. The van der Waals surface area contributed by atoms with E-state index < -0.39 is 39.5 Å². The van der Waals surface area contributed by atoms with Gasteiger partial charge in [-0.3, -0.25) is 18.9 Å². The highest BCUT2D eigenvalue weighted by molar-refractivity contribution is 7.61. The largest absolute Gasteiger partial charge is 0.380 e. The molecule has 2 unspecified atom stereocenters. The van der Waals surface area contributed by atoms with Crippen molar-refractivity contribution in [2.45, 2.75) is 52.1 Å². The average molecular weight is 549 g/mol. The van der Waals surface area contributed by atoms with Crippen molar-refractivity contribution >= 4 is 15.9 Å². The van der Waals surface area contributed by atoms with E-state index >= 15 is 0 Å². The maximum atomic E-state index is 12.5. The van der Waals surface area contributed by atoms with Crippen molar-refractivity contribution in [3.8, 4) is 0 Å². The Morgan fingerprint density at radius 3 is 2.39 bits per heavy atom. The van der Waals surface area contributed by atoms with E-state index in [2.05, 4.69) is 14.5 Å². The standard InChI is InChI=1S/C22H38N4O8P2/c1-17(2)26(18(3)4)35(32-13-11-23-5)33-15-19(10-14-36(8,29)31-7)34-21(16-30-6)25-12-9-20(27)24-22(25)28/h9-10,12,14,17-19,21H,11,13,15-16H2,1-4,6-8H3,(H,24,27,28)/b14-10+/t19-,21-,35?,36?/m1/s1.